The van der Waals surface area contributed by atoms with E-state index in [2.05, 4.69) is 10.2 Å². The summed E-state index contributed by atoms with van der Waals surface area (Å²) in [5.74, 6) is -0.0690. The van der Waals surface area contributed by atoms with Gasteiger partial charge in [0.1, 0.15) is 5.82 Å². The average molecular weight is 342 g/mol. The summed E-state index contributed by atoms with van der Waals surface area (Å²) < 4.78 is 18.6. The second-order valence-corrected chi connectivity index (χ2v) is 6.66. The SMILES string of the molecule is Cc1ccc(-c2nnc(S[C@@H](C)C(=O)c3ccc(F)cc3)o2)cc1. The number of carbonyl (C=O) groups excluding carboxylic acids is 1. The lowest BCUT2D eigenvalue weighted by atomic mass is 10.1. The minimum atomic E-state index is -0.415. The van der Waals surface area contributed by atoms with Crippen LogP contribution in [0.4, 0.5) is 4.39 Å². The number of carbonyl (C=O) groups is 1. The van der Waals surface area contributed by atoms with Gasteiger partial charge >= 0.3 is 0 Å². The van der Waals surface area contributed by atoms with Crippen molar-refractivity contribution >= 4 is 17.5 Å². The van der Waals surface area contributed by atoms with Crippen LogP contribution in [-0.2, 0) is 0 Å². The van der Waals surface area contributed by atoms with Gasteiger partial charge in [-0.25, -0.2) is 4.39 Å². The normalized spacial score (nSPS) is 12.1. The van der Waals surface area contributed by atoms with E-state index in [0.717, 1.165) is 11.1 Å². The van der Waals surface area contributed by atoms with E-state index in [1.807, 2.05) is 31.2 Å². The molecule has 0 radical (unpaired) electrons. The van der Waals surface area contributed by atoms with E-state index in [9.17, 15) is 9.18 Å². The molecule has 0 bridgehead atoms. The molecular formula is C18H15FN2O2S. The Morgan fingerprint density at radius 1 is 1.08 bits per heavy atom. The summed E-state index contributed by atoms with van der Waals surface area (Å²) in [5.41, 5.74) is 2.43. The van der Waals surface area contributed by atoms with Gasteiger partial charge in [0.25, 0.3) is 5.22 Å². The molecule has 0 spiro atoms. The number of halogens is 1. The molecule has 6 heteroatoms. The molecule has 0 aliphatic carbocycles. The second kappa shape index (κ2) is 6.97. The molecule has 4 nitrogen and oxygen atoms in total. The van der Waals surface area contributed by atoms with Crippen LogP contribution in [0.5, 0.6) is 0 Å². The third-order valence-electron chi connectivity index (χ3n) is 3.48. The highest BCUT2D eigenvalue weighted by Gasteiger charge is 2.20. The number of rotatable bonds is 5. The Labute approximate surface area is 143 Å². The lowest BCUT2D eigenvalue weighted by Gasteiger charge is -2.07. The molecule has 1 heterocycles. The number of nitrogens with zero attached hydrogens (tertiary/aromatic N) is 2. The third-order valence-corrected chi connectivity index (χ3v) is 4.41. The lowest BCUT2D eigenvalue weighted by molar-refractivity contribution is 0.0993. The molecule has 3 aromatic rings. The molecule has 0 aliphatic heterocycles. The number of aryl methyl sites for hydroxylation is 1. The van der Waals surface area contributed by atoms with Gasteiger partial charge in [-0.05, 0) is 50.2 Å². The number of hydrogen-bond acceptors (Lipinski definition) is 5. The van der Waals surface area contributed by atoms with Crippen molar-refractivity contribution in [2.75, 3.05) is 0 Å². The zero-order valence-corrected chi connectivity index (χ0v) is 14.0. The zero-order chi connectivity index (χ0) is 17.1. The Morgan fingerprint density at radius 2 is 1.75 bits per heavy atom. The fourth-order valence-corrected chi connectivity index (χ4v) is 2.88. The minimum absolute atomic E-state index is 0.116. The number of Topliss-reactive ketones (excluding diaryl/α,β-unsaturated/α-hetero) is 1. The van der Waals surface area contributed by atoms with E-state index in [1.54, 1.807) is 6.92 Å². The standard InChI is InChI=1S/C18H15FN2O2S/c1-11-3-5-14(6-4-11)17-20-21-18(23-17)24-12(2)16(22)13-7-9-15(19)10-8-13/h3-10,12H,1-2H3/t12-/m0/s1. The summed E-state index contributed by atoms with van der Waals surface area (Å²) >= 11 is 1.19. The highest BCUT2D eigenvalue weighted by Crippen LogP contribution is 2.27. The molecule has 2 aromatic carbocycles. The molecule has 0 N–H and O–H groups in total. The Bertz CT molecular complexity index is 844. The van der Waals surface area contributed by atoms with Crippen LogP contribution in [-0.4, -0.2) is 21.2 Å². The Balaban J connectivity index is 1.70. The summed E-state index contributed by atoms with van der Waals surface area (Å²) in [5, 5.41) is 7.91. The van der Waals surface area contributed by atoms with Crippen molar-refractivity contribution < 1.29 is 13.6 Å². The molecule has 1 aromatic heterocycles. The summed E-state index contributed by atoms with van der Waals surface area (Å²) in [7, 11) is 0. The topological polar surface area (TPSA) is 56.0 Å². The number of aromatic nitrogens is 2. The van der Waals surface area contributed by atoms with Crippen LogP contribution in [0.1, 0.15) is 22.8 Å². The predicted molar refractivity (Wildman–Crippen MR) is 90.5 cm³/mol. The Kier molecular flexibility index (Phi) is 4.76. The first kappa shape index (κ1) is 16.4. The number of thioether (sulfide) groups is 1. The smallest absolute Gasteiger partial charge is 0.277 e. The van der Waals surface area contributed by atoms with E-state index in [1.165, 1.54) is 36.0 Å². The molecule has 3 rings (SSSR count). The molecule has 24 heavy (non-hydrogen) atoms. The maximum Gasteiger partial charge on any atom is 0.277 e. The quantitative estimate of drug-likeness (QED) is 0.503. The molecule has 0 saturated heterocycles. The van der Waals surface area contributed by atoms with Crippen molar-refractivity contribution in [3.63, 3.8) is 0 Å². The third kappa shape index (κ3) is 3.71. The molecule has 0 amide bonds. The van der Waals surface area contributed by atoms with Crippen molar-refractivity contribution in [3.8, 4) is 11.5 Å². The van der Waals surface area contributed by atoms with Gasteiger partial charge in [0.2, 0.25) is 5.89 Å². The Hall–Kier alpha value is -2.47. The first-order valence-corrected chi connectivity index (χ1v) is 8.28. The summed E-state index contributed by atoms with van der Waals surface area (Å²) in [6.45, 7) is 3.76. The van der Waals surface area contributed by atoms with Crippen LogP contribution >= 0.6 is 11.8 Å². The van der Waals surface area contributed by atoms with Gasteiger partial charge in [-0.15, -0.1) is 10.2 Å². The highest BCUT2D eigenvalue weighted by molar-refractivity contribution is 8.00. The van der Waals surface area contributed by atoms with Gasteiger partial charge < -0.3 is 4.42 Å². The van der Waals surface area contributed by atoms with Gasteiger partial charge in [0.05, 0.1) is 5.25 Å². The fourth-order valence-electron chi connectivity index (χ4n) is 2.12. The van der Waals surface area contributed by atoms with Crippen LogP contribution in [0.15, 0.2) is 58.2 Å². The monoisotopic (exact) mass is 342 g/mol. The maximum absolute atomic E-state index is 12.9. The molecule has 0 aliphatic rings. The van der Waals surface area contributed by atoms with Crippen LogP contribution in [0.3, 0.4) is 0 Å². The number of benzene rings is 2. The van der Waals surface area contributed by atoms with Gasteiger partial charge in [-0.3, -0.25) is 4.79 Å². The van der Waals surface area contributed by atoms with E-state index < -0.39 is 5.25 Å². The van der Waals surface area contributed by atoms with Crippen molar-refractivity contribution in [2.24, 2.45) is 0 Å². The molecule has 122 valence electrons. The first-order valence-electron chi connectivity index (χ1n) is 7.40. The fraction of sp³-hybridized carbons (Fsp3) is 0.167. The molecule has 0 unspecified atom stereocenters. The second-order valence-electron chi connectivity index (χ2n) is 5.37. The van der Waals surface area contributed by atoms with Gasteiger partial charge in [0, 0.05) is 11.1 Å². The maximum atomic E-state index is 12.9. The first-order chi connectivity index (χ1) is 11.5. The average Bonchev–Trinajstić information content (AvgIpc) is 3.04. The molecule has 0 saturated carbocycles. The van der Waals surface area contributed by atoms with E-state index in [0.29, 0.717) is 16.7 Å². The summed E-state index contributed by atoms with van der Waals surface area (Å²) in [4.78, 5) is 12.3. The minimum Gasteiger partial charge on any atom is -0.411 e. The van der Waals surface area contributed by atoms with Gasteiger partial charge in [-0.1, -0.05) is 29.5 Å². The van der Waals surface area contributed by atoms with E-state index >= 15 is 0 Å². The van der Waals surface area contributed by atoms with Crippen LogP contribution < -0.4 is 0 Å². The van der Waals surface area contributed by atoms with Crippen molar-refractivity contribution in [3.05, 3.63) is 65.5 Å². The van der Waals surface area contributed by atoms with Crippen molar-refractivity contribution in [2.45, 2.75) is 24.3 Å². The zero-order valence-electron chi connectivity index (χ0n) is 13.2. The lowest BCUT2D eigenvalue weighted by Crippen LogP contribution is -2.13. The summed E-state index contributed by atoms with van der Waals surface area (Å²) in [6.07, 6.45) is 0. The van der Waals surface area contributed by atoms with Crippen LogP contribution in [0.25, 0.3) is 11.5 Å². The largest absolute Gasteiger partial charge is 0.411 e. The predicted octanol–water partition coefficient (Wildman–Crippen LogP) is 4.55. The van der Waals surface area contributed by atoms with Crippen molar-refractivity contribution in [1.29, 1.82) is 0 Å². The molecular weight excluding hydrogens is 327 g/mol. The molecule has 1 atom stereocenters. The van der Waals surface area contributed by atoms with Gasteiger partial charge in [0.15, 0.2) is 5.78 Å². The Morgan fingerprint density at radius 3 is 2.42 bits per heavy atom. The highest BCUT2D eigenvalue weighted by atomic mass is 32.2. The van der Waals surface area contributed by atoms with Crippen molar-refractivity contribution in [1.82, 2.24) is 10.2 Å². The molecule has 0 fully saturated rings. The van der Waals surface area contributed by atoms with E-state index in [-0.39, 0.29) is 11.6 Å². The van der Waals surface area contributed by atoms with Crippen LogP contribution in [0, 0.1) is 12.7 Å². The van der Waals surface area contributed by atoms with Crippen LogP contribution in [0.2, 0.25) is 0 Å². The van der Waals surface area contributed by atoms with Gasteiger partial charge in [-0.2, -0.15) is 0 Å². The number of hydrogen-bond donors (Lipinski definition) is 0. The summed E-state index contributed by atoms with van der Waals surface area (Å²) in [6, 6.07) is 13.2. The van der Waals surface area contributed by atoms with E-state index in [4.69, 9.17) is 4.42 Å². The number of ketones is 1.